The van der Waals surface area contributed by atoms with Crippen molar-refractivity contribution < 1.29 is 9.90 Å². The Morgan fingerprint density at radius 2 is 2.18 bits per heavy atom. The number of aromatic nitrogens is 2. The zero-order valence-corrected chi connectivity index (χ0v) is 10.1. The Kier molecular flexibility index (Phi) is 3.39. The predicted octanol–water partition coefficient (Wildman–Crippen LogP) is 1.94. The third-order valence-electron chi connectivity index (χ3n) is 2.68. The smallest absolute Gasteiger partial charge is 0.338 e. The number of rotatable bonds is 1. The topological polar surface area (TPSA) is 78.4 Å². The number of hydrogen-bond acceptors (Lipinski definition) is 3. The van der Waals surface area contributed by atoms with Gasteiger partial charge in [0.15, 0.2) is 5.65 Å². The van der Waals surface area contributed by atoms with E-state index in [4.69, 9.17) is 10.4 Å². The van der Waals surface area contributed by atoms with Crippen LogP contribution in [0.1, 0.15) is 27.2 Å². The monoisotopic (exact) mass is 251 g/mol. The highest BCUT2D eigenvalue weighted by Crippen LogP contribution is 2.20. The van der Waals surface area contributed by atoms with Crippen LogP contribution in [0.25, 0.3) is 5.65 Å². The van der Waals surface area contributed by atoms with Crippen LogP contribution in [0.5, 0.6) is 0 Å². The van der Waals surface area contributed by atoms with Crippen molar-refractivity contribution in [1.29, 1.82) is 5.26 Å². The van der Waals surface area contributed by atoms with Crippen LogP contribution >= 0.6 is 12.4 Å². The summed E-state index contributed by atoms with van der Waals surface area (Å²) in [4.78, 5) is 14.8. The number of carboxylic acids is 1. The van der Waals surface area contributed by atoms with Gasteiger partial charge in [-0.25, -0.2) is 9.78 Å². The maximum Gasteiger partial charge on any atom is 0.338 e. The molecule has 2 heterocycles. The van der Waals surface area contributed by atoms with Gasteiger partial charge in [0.25, 0.3) is 0 Å². The molecule has 0 aromatic carbocycles. The first kappa shape index (κ1) is 13.0. The number of nitriles is 1. The fourth-order valence-corrected chi connectivity index (χ4v) is 1.64. The Hall–Kier alpha value is -2.06. The zero-order valence-electron chi connectivity index (χ0n) is 9.26. The second kappa shape index (κ2) is 4.44. The number of hydrogen-bond donors (Lipinski definition) is 1. The van der Waals surface area contributed by atoms with Gasteiger partial charge >= 0.3 is 5.97 Å². The summed E-state index contributed by atoms with van der Waals surface area (Å²) in [5.74, 6) is -1.03. The summed E-state index contributed by atoms with van der Waals surface area (Å²) in [5, 5.41) is 17.8. The highest BCUT2D eigenvalue weighted by Gasteiger charge is 2.14. The molecule has 0 atom stereocenters. The summed E-state index contributed by atoms with van der Waals surface area (Å²) in [6.45, 7) is 3.65. The minimum absolute atomic E-state index is 0. The van der Waals surface area contributed by atoms with Crippen molar-refractivity contribution >= 4 is 24.0 Å². The van der Waals surface area contributed by atoms with E-state index < -0.39 is 5.97 Å². The fourth-order valence-electron chi connectivity index (χ4n) is 1.64. The SMILES string of the molecule is Cc1c(C#N)c2ncc(C(=O)O)cn2c1C.Cl. The van der Waals surface area contributed by atoms with Crippen molar-refractivity contribution in [2.75, 3.05) is 0 Å². The third-order valence-corrected chi connectivity index (χ3v) is 2.68. The van der Waals surface area contributed by atoms with Crippen molar-refractivity contribution in [2.45, 2.75) is 13.8 Å². The second-order valence-corrected chi connectivity index (χ2v) is 3.54. The van der Waals surface area contributed by atoms with Gasteiger partial charge in [-0.1, -0.05) is 0 Å². The van der Waals surface area contributed by atoms with Crippen molar-refractivity contribution in [3.8, 4) is 6.07 Å². The molecule has 0 bridgehead atoms. The van der Waals surface area contributed by atoms with E-state index in [1.165, 1.54) is 12.4 Å². The van der Waals surface area contributed by atoms with Gasteiger partial charge in [-0.05, 0) is 19.4 Å². The summed E-state index contributed by atoms with van der Waals surface area (Å²) in [6, 6.07) is 2.08. The highest BCUT2D eigenvalue weighted by molar-refractivity contribution is 5.87. The summed E-state index contributed by atoms with van der Waals surface area (Å²) in [5.41, 5.74) is 2.77. The van der Waals surface area contributed by atoms with Gasteiger partial charge in [0, 0.05) is 18.1 Å². The standard InChI is InChI=1S/C11H9N3O2.ClH/c1-6-7(2)14-5-8(11(15)16)4-13-10(14)9(6)3-12;/h4-5H,1-2H3,(H,15,16);1H. The molecule has 0 aliphatic carbocycles. The van der Waals surface area contributed by atoms with E-state index in [-0.39, 0.29) is 18.0 Å². The van der Waals surface area contributed by atoms with Crippen LogP contribution in [0.3, 0.4) is 0 Å². The molecule has 6 heteroatoms. The molecule has 88 valence electrons. The third kappa shape index (κ3) is 1.83. The van der Waals surface area contributed by atoms with Crippen LogP contribution in [-0.4, -0.2) is 20.5 Å². The molecule has 0 radical (unpaired) electrons. The number of carbonyl (C=O) groups is 1. The van der Waals surface area contributed by atoms with Crippen molar-refractivity contribution in [3.05, 3.63) is 34.8 Å². The van der Waals surface area contributed by atoms with Gasteiger partial charge in [-0.3, -0.25) is 0 Å². The van der Waals surface area contributed by atoms with Gasteiger partial charge in [-0.2, -0.15) is 5.26 Å². The quantitative estimate of drug-likeness (QED) is 0.840. The summed E-state index contributed by atoms with van der Waals surface area (Å²) < 4.78 is 1.64. The van der Waals surface area contributed by atoms with Crippen LogP contribution in [0, 0.1) is 25.2 Å². The minimum Gasteiger partial charge on any atom is -0.478 e. The van der Waals surface area contributed by atoms with Crippen LogP contribution in [0.2, 0.25) is 0 Å². The van der Waals surface area contributed by atoms with Crippen molar-refractivity contribution in [2.24, 2.45) is 0 Å². The Labute approximate surface area is 104 Å². The largest absolute Gasteiger partial charge is 0.478 e. The molecule has 17 heavy (non-hydrogen) atoms. The molecule has 5 nitrogen and oxygen atoms in total. The number of fused-ring (bicyclic) bond motifs is 1. The van der Waals surface area contributed by atoms with E-state index in [1.54, 1.807) is 4.40 Å². The van der Waals surface area contributed by atoms with Gasteiger partial charge in [0.1, 0.15) is 6.07 Å². The number of halogens is 1. The van der Waals surface area contributed by atoms with Gasteiger partial charge in [0.2, 0.25) is 0 Å². The molecular formula is C11H10ClN3O2. The predicted molar refractivity (Wildman–Crippen MR) is 63.6 cm³/mol. The van der Waals surface area contributed by atoms with Gasteiger partial charge < -0.3 is 9.51 Å². The fraction of sp³-hybridized carbons (Fsp3) is 0.182. The Morgan fingerprint density at radius 3 is 2.71 bits per heavy atom. The molecule has 2 rings (SSSR count). The first-order valence-corrected chi connectivity index (χ1v) is 4.67. The molecular weight excluding hydrogens is 242 g/mol. The number of aromatic carboxylic acids is 1. The average Bonchev–Trinajstić information content (AvgIpc) is 2.51. The lowest BCUT2D eigenvalue weighted by Gasteiger charge is -1.99. The van der Waals surface area contributed by atoms with Gasteiger partial charge in [-0.15, -0.1) is 12.4 Å². The van der Waals surface area contributed by atoms with Crippen LogP contribution < -0.4 is 0 Å². The molecule has 1 N–H and O–H groups in total. The number of carboxylic acid groups (broad SMARTS) is 1. The zero-order chi connectivity index (χ0) is 11.9. The first-order valence-electron chi connectivity index (χ1n) is 4.67. The maximum atomic E-state index is 10.8. The Bertz CT molecular complexity index is 640. The van der Waals surface area contributed by atoms with E-state index >= 15 is 0 Å². The second-order valence-electron chi connectivity index (χ2n) is 3.54. The average molecular weight is 252 g/mol. The van der Waals surface area contributed by atoms with Crippen molar-refractivity contribution in [1.82, 2.24) is 9.38 Å². The lowest BCUT2D eigenvalue weighted by molar-refractivity contribution is 0.0696. The van der Waals surface area contributed by atoms with E-state index in [1.807, 2.05) is 13.8 Å². The van der Waals surface area contributed by atoms with E-state index in [9.17, 15) is 4.79 Å². The van der Waals surface area contributed by atoms with Crippen LogP contribution in [0.4, 0.5) is 0 Å². The Balaban J connectivity index is 0.00000144. The Morgan fingerprint density at radius 1 is 1.53 bits per heavy atom. The van der Waals surface area contributed by atoms with Crippen molar-refractivity contribution in [3.63, 3.8) is 0 Å². The molecule has 0 saturated carbocycles. The van der Waals surface area contributed by atoms with E-state index in [0.717, 1.165) is 11.3 Å². The molecule has 0 aliphatic rings. The molecule has 2 aromatic rings. The summed E-state index contributed by atoms with van der Waals surface area (Å²) in [7, 11) is 0. The molecule has 0 spiro atoms. The van der Waals surface area contributed by atoms with E-state index in [2.05, 4.69) is 11.1 Å². The first-order chi connectivity index (χ1) is 7.56. The van der Waals surface area contributed by atoms with Crippen LogP contribution in [-0.2, 0) is 0 Å². The molecule has 0 aliphatic heterocycles. The molecule has 0 unspecified atom stereocenters. The number of aryl methyl sites for hydroxylation is 1. The minimum atomic E-state index is -1.03. The molecule has 0 fully saturated rings. The molecule has 0 saturated heterocycles. The van der Waals surface area contributed by atoms with Crippen LogP contribution in [0.15, 0.2) is 12.4 Å². The normalized spacial score (nSPS) is 9.71. The summed E-state index contributed by atoms with van der Waals surface area (Å²) >= 11 is 0. The summed E-state index contributed by atoms with van der Waals surface area (Å²) in [6.07, 6.45) is 2.74. The van der Waals surface area contributed by atoms with E-state index in [0.29, 0.717) is 11.2 Å². The lowest BCUT2D eigenvalue weighted by atomic mass is 10.2. The lowest BCUT2D eigenvalue weighted by Crippen LogP contribution is -2.01. The molecule has 0 amide bonds. The number of nitrogens with zero attached hydrogens (tertiary/aromatic N) is 3. The highest BCUT2D eigenvalue weighted by atomic mass is 35.5. The van der Waals surface area contributed by atoms with Gasteiger partial charge in [0.05, 0.1) is 11.1 Å². The molecule has 2 aromatic heterocycles. The maximum absolute atomic E-state index is 10.8.